The van der Waals surface area contributed by atoms with Crippen molar-refractivity contribution in [1.82, 2.24) is 14.9 Å². The first-order valence-electron chi connectivity index (χ1n) is 7.19. The average Bonchev–Trinajstić information content (AvgIpc) is 3.16. The van der Waals surface area contributed by atoms with Gasteiger partial charge in [-0.05, 0) is 57.9 Å². The van der Waals surface area contributed by atoms with Gasteiger partial charge < -0.3 is 9.88 Å². The number of hydrogen-bond acceptors (Lipinski definition) is 3. The highest BCUT2D eigenvalue weighted by molar-refractivity contribution is 9.10. The topological polar surface area (TPSA) is 29.9 Å². The van der Waals surface area contributed by atoms with E-state index in [1.165, 1.54) is 33.1 Å². The van der Waals surface area contributed by atoms with Crippen molar-refractivity contribution in [3.05, 3.63) is 50.9 Å². The molecule has 0 atom stereocenters. The van der Waals surface area contributed by atoms with Gasteiger partial charge in [0.25, 0.3) is 0 Å². The normalized spacial score (nSPS) is 14.9. The van der Waals surface area contributed by atoms with E-state index in [1.807, 2.05) is 12.3 Å². The van der Waals surface area contributed by atoms with Gasteiger partial charge in [0.15, 0.2) is 0 Å². The molecule has 0 aromatic carbocycles. The molecule has 3 aromatic rings. The highest BCUT2D eigenvalue weighted by Crippen LogP contribution is 2.27. The fraction of sp³-hybridized carbons (Fsp3) is 0.312. The van der Waals surface area contributed by atoms with Crippen molar-refractivity contribution < 1.29 is 0 Å². The maximum absolute atomic E-state index is 4.58. The van der Waals surface area contributed by atoms with Crippen molar-refractivity contribution in [1.29, 1.82) is 0 Å². The van der Waals surface area contributed by atoms with Crippen molar-refractivity contribution in [2.45, 2.75) is 32.0 Å². The molecule has 3 heterocycles. The van der Waals surface area contributed by atoms with E-state index in [-0.39, 0.29) is 0 Å². The van der Waals surface area contributed by atoms with E-state index in [1.54, 1.807) is 11.3 Å². The minimum atomic E-state index is 0.728. The van der Waals surface area contributed by atoms with Gasteiger partial charge in [-0.15, -0.1) is 11.3 Å². The number of nitrogens with one attached hydrogen (secondary N) is 1. The van der Waals surface area contributed by atoms with Gasteiger partial charge in [0.05, 0.1) is 6.54 Å². The van der Waals surface area contributed by atoms with Gasteiger partial charge in [0, 0.05) is 39.7 Å². The lowest BCUT2D eigenvalue weighted by molar-refractivity contribution is 0.687. The monoisotopic (exact) mass is 361 g/mol. The van der Waals surface area contributed by atoms with E-state index < -0.39 is 0 Å². The Labute approximate surface area is 136 Å². The Kier molecular flexibility index (Phi) is 3.57. The summed E-state index contributed by atoms with van der Waals surface area (Å²) in [6.07, 6.45) is 6.76. The molecule has 108 valence electrons. The van der Waals surface area contributed by atoms with Gasteiger partial charge in [-0.3, -0.25) is 0 Å². The molecule has 1 aliphatic rings. The second-order valence-corrected chi connectivity index (χ2v) is 7.36. The van der Waals surface area contributed by atoms with Crippen LogP contribution in [0.5, 0.6) is 0 Å². The SMILES string of the molecule is Brc1ccsc1Cn1cc(CNC2CC2)c2cccnc21. The zero-order valence-corrected chi connectivity index (χ0v) is 14.0. The molecule has 0 unspecified atom stereocenters. The fourth-order valence-electron chi connectivity index (χ4n) is 2.59. The lowest BCUT2D eigenvalue weighted by Gasteiger charge is -2.03. The van der Waals surface area contributed by atoms with Crippen LogP contribution in [0.4, 0.5) is 0 Å². The van der Waals surface area contributed by atoms with E-state index >= 15 is 0 Å². The van der Waals surface area contributed by atoms with E-state index in [4.69, 9.17) is 0 Å². The molecule has 1 N–H and O–H groups in total. The third-order valence-corrected chi connectivity index (χ3v) is 5.79. The molecule has 1 fully saturated rings. The van der Waals surface area contributed by atoms with Gasteiger partial charge >= 0.3 is 0 Å². The third kappa shape index (κ3) is 2.78. The van der Waals surface area contributed by atoms with Crippen LogP contribution in [0.15, 0.2) is 40.4 Å². The number of nitrogens with zero attached hydrogens (tertiary/aromatic N) is 2. The van der Waals surface area contributed by atoms with Crippen LogP contribution in [-0.4, -0.2) is 15.6 Å². The molecule has 0 bridgehead atoms. The molecule has 1 aliphatic carbocycles. The summed E-state index contributed by atoms with van der Waals surface area (Å²) in [5.74, 6) is 0. The first kappa shape index (κ1) is 13.5. The van der Waals surface area contributed by atoms with E-state index in [9.17, 15) is 0 Å². The first-order valence-corrected chi connectivity index (χ1v) is 8.86. The number of pyridine rings is 1. The van der Waals surface area contributed by atoms with Crippen LogP contribution in [0.3, 0.4) is 0 Å². The van der Waals surface area contributed by atoms with Crippen LogP contribution < -0.4 is 5.32 Å². The van der Waals surface area contributed by atoms with E-state index in [0.29, 0.717) is 0 Å². The average molecular weight is 362 g/mol. The predicted octanol–water partition coefficient (Wildman–Crippen LogP) is 4.16. The van der Waals surface area contributed by atoms with Gasteiger partial charge in [-0.25, -0.2) is 4.98 Å². The molecule has 0 spiro atoms. The standard InChI is InChI=1S/C16H16BrN3S/c17-14-5-7-21-15(14)10-20-9-11(8-19-12-3-4-12)13-2-1-6-18-16(13)20/h1-2,5-7,9,12,19H,3-4,8,10H2. The third-order valence-electron chi connectivity index (χ3n) is 3.88. The molecule has 0 aliphatic heterocycles. The molecule has 3 aromatic heterocycles. The van der Waals surface area contributed by atoms with Gasteiger partial charge in [-0.1, -0.05) is 0 Å². The molecule has 21 heavy (non-hydrogen) atoms. The molecular formula is C16H16BrN3S. The Bertz CT molecular complexity index is 773. The Morgan fingerprint density at radius 2 is 2.29 bits per heavy atom. The summed E-state index contributed by atoms with van der Waals surface area (Å²) < 4.78 is 3.44. The summed E-state index contributed by atoms with van der Waals surface area (Å²) in [4.78, 5) is 5.91. The summed E-state index contributed by atoms with van der Waals surface area (Å²) in [7, 11) is 0. The minimum Gasteiger partial charge on any atom is -0.327 e. The van der Waals surface area contributed by atoms with Crippen LogP contribution in [0.25, 0.3) is 11.0 Å². The summed E-state index contributed by atoms with van der Waals surface area (Å²) in [5, 5.41) is 6.98. The van der Waals surface area contributed by atoms with Crippen LogP contribution >= 0.6 is 27.3 Å². The van der Waals surface area contributed by atoms with Gasteiger partial charge in [0.1, 0.15) is 5.65 Å². The van der Waals surface area contributed by atoms with Crippen molar-refractivity contribution in [3.8, 4) is 0 Å². The molecule has 4 rings (SSSR count). The number of halogens is 1. The molecule has 1 saturated carbocycles. The summed E-state index contributed by atoms with van der Waals surface area (Å²) >= 11 is 5.40. The summed E-state index contributed by atoms with van der Waals surface area (Å²) in [6.45, 7) is 1.81. The zero-order valence-electron chi connectivity index (χ0n) is 11.6. The molecule has 0 radical (unpaired) electrons. The van der Waals surface area contributed by atoms with Crippen molar-refractivity contribution in [3.63, 3.8) is 0 Å². The molecule has 3 nitrogen and oxygen atoms in total. The Hall–Kier alpha value is -1.17. The smallest absolute Gasteiger partial charge is 0.140 e. The van der Waals surface area contributed by atoms with Crippen LogP contribution in [0.1, 0.15) is 23.3 Å². The Morgan fingerprint density at radius 1 is 1.38 bits per heavy atom. The van der Waals surface area contributed by atoms with E-state index in [0.717, 1.165) is 24.8 Å². The van der Waals surface area contributed by atoms with Gasteiger partial charge in [-0.2, -0.15) is 0 Å². The van der Waals surface area contributed by atoms with Crippen molar-refractivity contribution in [2.24, 2.45) is 0 Å². The number of rotatable bonds is 5. The van der Waals surface area contributed by atoms with E-state index in [2.05, 4.69) is 54.5 Å². The van der Waals surface area contributed by atoms with Crippen LogP contribution in [0.2, 0.25) is 0 Å². The highest BCUT2D eigenvalue weighted by atomic mass is 79.9. The quantitative estimate of drug-likeness (QED) is 0.739. The molecule has 5 heteroatoms. The lowest BCUT2D eigenvalue weighted by atomic mass is 10.2. The Balaban J connectivity index is 1.68. The maximum atomic E-state index is 4.58. The molecular weight excluding hydrogens is 346 g/mol. The fourth-order valence-corrected chi connectivity index (χ4v) is 4.07. The molecule has 0 amide bonds. The number of fused-ring (bicyclic) bond motifs is 1. The number of thiophene rings is 1. The largest absolute Gasteiger partial charge is 0.327 e. The maximum Gasteiger partial charge on any atom is 0.140 e. The lowest BCUT2D eigenvalue weighted by Crippen LogP contribution is -2.14. The second kappa shape index (κ2) is 5.55. The second-order valence-electron chi connectivity index (χ2n) is 5.50. The van der Waals surface area contributed by atoms with Gasteiger partial charge in [0.2, 0.25) is 0 Å². The number of aromatic nitrogens is 2. The zero-order chi connectivity index (χ0) is 14.2. The first-order chi connectivity index (χ1) is 10.3. The summed E-state index contributed by atoms with van der Waals surface area (Å²) in [5.41, 5.74) is 2.42. The number of hydrogen-bond donors (Lipinski definition) is 1. The Morgan fingerprint density at radius 3 is 3.05 bits per heavy atom. The molecule has 0 saturated heterocycles. The van der Waals surface area contributed by atoms with Crippen LogP contribution in [0, 0.1) is 0 Å². The van der Waals surface area contributed by atoms with Crippen LogP contribution in [-0.2, 0) is 13.1 Å². The highest BCUT2D eigenvalue weighted by Gasteiger charge is 2.21. The van der Waals surface area contributed by atoms with Crippen molar-refractivity contribution in [2.75, 3.05) is 0 Å². The summed E-state index contributed by atoms with van der Waals surface area (Å²) in [6, 6.07) is 7.03. The predicted molar refractivity (Wildman–Crippen MR) is 90.7 cm³/mol. The minimum absolute atomic E-state index is 0.728. The van der Waals surface area contributed by atoms with Crippen molar-refractivity contribution >= 4 is 38.3 Å².